The van der Waals surface area contributed by atoms with Gasteiger partial charge in [-0.3, -0.25) is 9.59 Å². The van der Waals surface area contributed by atoms with Gasteiger partial charge in [0.1, 0.15) is 6.04 Å². The third kappa shape index (κ3) is 5.32. The van der Waals surface area contributed by atoms with Gasteiger partial charge in [-0.1, -0.05) is 54.1 Å². The first-order chi connectivity index (χ1) is 15.5. The van der Waals surface area contributed by atoms with Gasteiger partial charge in [-0.2, -0.15) is 11.8 Å². The second kappa shape index (κ2) is 9.92. The SMILES string of the molecule is Cc1ccc(CNC(=O)c2ccc3c(c2)NC(=O)[C@@H](CSCc2ccccc2C)N3)cc1. The number of hydrogen-bond acceptors (Lipinski definition) is 4. The van der Waals surface area contributed by atoms with Crippen molar-refractivity contribution in [2.24, 2.45) is 0 Å². The Labute approximate surface area is 193 Å². The van der Waals surface area contributed by atoms with Crippen LogP contribution in [-0.4, -0.2) is 23.6 Å². The Bertz CT molecular complexity index is 1130. The van der Waals surface area contributed by atoms with Crippen LogP contribution in [-0.2, 0) is 17.1 Å². The van der Waals surface area contributed by atoms with Crippen molar-refractivity contribution < 1.29 is 9.59 Å². The summed E-state index contributed by atoms with van der Waals surface area (Å²) in [5.41, 5.74) is 6.77. The van der Waals surface area contributed by atoms with E-state index < -0.39 is 0 Å². The molecule has 0 bridgehead atoms. The first-order valence-electron chi connectivity index (χ1n) is 10.7. The van der Waals surface area contributed by atoms with E-state index in [1.54, 1.807) is 23.9 Å². The second-order valence-electron chi connectivity index (χ2n) is 8.06. The molecule has 3 N–H and O–H groups in total. The molecule has 0 aliphatic carbocycles. The number of carbonyl (C=O) groups is 2. The number of amides is 2. The number of nitrogens with one attached hydrogen (secondary N) is 3. The number of thioether (sulfide) groups is 1. The Kier molecular flexibility index (Phi) is 6.81. The van der Waals surface area contributed by atoms with E-state index in [1.165, 1.54) is 16.7 Å². The summed E-state index contributed by atoms with van der Waals surface area (Å²) in [6.45, 7) is 4.60. The van der Waals surface area contributed by atoms with Crippen molar-refractivity contribution in [1.82, 2.24) is 5.32 Å². The Hall–Kier alpha value is -3.25. The van der Waals surface area contributed by atoms with Crippen molar-refractivity contribution >= 4 is 35.0 Å². The van der Waals surface area contributed by atoms with E-state index in [4.69, 9.17) is 0 Å². The molecular weight excluding hydrogens is 418 g/mol. The van der Waals surface area contributed by atoms with Crippen LogP contribution in [0.5, 0.6) is 0 Å². The zero-order valence-corrected chi connectivity index (χ0v) is 19.1. The van der Waals surface area contributed by atoms with Crippen molar-refractivity contribution in [2.45, 2.75) is 32.2 Å². The molecule has 3 aromatic carbocycles. The molecule has 1 aliphatic heterocycles. The van der Waals surface area contributed by atoms with Crippen LogP contribution < -0.4 is 16.0 Å². The van der Waals surface area contributed by atoms with Crippen molar-refractivity contribution in [1.29, 1.82) is 0 Å². The van der Waals surface area contributed by atoms with Crippen LogP contribution in [0.25, 0.3) is 0 Å². The minimum atomic E-state index is -0.308. The molecule has 6 heteroatoms. The first-order valence-corrected chi connectivity index (χ1v) is 11.8. The number of rotatable bonds is 7. The fourth-order valence-electron chi connectivity index (χ4n) is 3.55. The van der Waals surface area contributed by atoms with Gasteiger partial charge in [0.2, 0.25) is 5.91 Å². The number of anilines is 2. The van der Waals surface area contributed by atoms with Gasteiger partial charge in [-0.05, 0) is 48.7 Å². The molecule has 32 heavy (non-hydrogen) atoms. The molecule has 0 saturated carbocycles. The lowest BCUT2D eigenvalue weighted by Crippen LogP contribution is -2.40. The molecule has 2 amide bonds. The average Bonchev–Trinajstić information content (AvgIpc) is 2.79. The molecule has 3 aromatic rings. The molecule has 5 nitrogen and oxygen atoms in total. The molecule has 0 unspecified atom stereocenters. The maximum absolute atomic E-state index is 12.6. The van der Waals surface area contributed by atoms with Crippen LogP contribution in [0.15, 0.2) is 66.7 Å². The third-order valence-electron chi connectivity index (χ3n) is 5.56. The van der Waals surface area contributed by atoms with Gasteiger partial charge in [-0.25, -0.2) is 0 Å². The zero-order valence-electron chi connectivity index (χ0n) is 18.3. The zero-order chi connectivity index (χ0) is 22.5. The summed E-state index contributed by atoms with van der Waals surface area (Å²) in [7, 11) is 0. The van der Waals surface area contributed by atoms with Crippen LogP contribution in [0.2, 0.25) is 0 Å². The molecule has 0 spiro atoms. The van der Waals surface area contributed by atoms with Crippen molar-refractivity contribution in [3.63, 3.8) is 0 Å². The van der Waals surface area contributed by atoms with Crippen LogP contribution in [0.1, 0.15) is 32.6 Å². The Balaban J connectivity index is 1.34. The molecule has 164 valence electrons. The predicted molar refractivity (Wildman–Crippen MR) is 132 cm³/mol. The molecular formula is C26H27N3O2S. The van der Waals surface area contributed by atoms with Gasteiger partial charge in [0, 0.05) is 23.6 Å². The molecule has 0 radical (unpaired) electrons. The normalized spacial score (nSPS) is 14.8. The van der Waals surface area contributed by atoms with E-state index in [1.807, 2.05) is 49.4 Å². The largest absolute Gasteiger partial charge is 0.371 e. The summed E-state index contributed by atoms with van der Waals surface area (Å²) in [6.07, 6.45) is 0. The summed E-state index contributed by atoms with van der Waals surface area (Å²) in [6, 6.07) is 21.4. The Morgan fingerprint density at radius 1 is 1.00 bits per heavy atom. The topological polar surface area (TPSA) is 70.2 Å². The van der Waals surface area contributed by atoms with E-state index in [2.05, 4.69) is 35.0 Å². The van der Waals surface area contributed by atoms with Crippen molar-refractivity contribution in [2.75, 3.05) is 16.4 Å². The first kappa shape index (κ1) is 22.0. The smallest absolute Gasteiger partial charge is 0.251 e. The molecule has 0 aromatic heterocycles. The van der Waals surface area contributed by atoms with Gasteiger partial charge in [0.15, 0.2) is 0 Å². The number of fused-ring (bicyclic) bond motifs is 1. The molecule has 1 aliphatic rings. The summed E-state index contributed by atoms with van der Waals surface area (Å²) in [4.78, 5) is 25.2. The van der Waals surface area contributed by atoms with E-state index in [0.29, 0.717) is 23.5 Å². The maximum Gasteiger partial charge on any atom is 0.251 e. The molecule has 0 fully saturated rings. The number of aryl methyl sites for hydroxylation is 2. The predicted octanol–water partition coefficient (Wildman–Crippen LogP) is 4.90. The maximum atomic E-state index is 12.6. The highest BCUT2D eigenvalue weighted by atomic mass is 32.2. The van der Waals surface area contributed by atoms with Crippen LogP contribution in [0.4, 0.5) is 11.4 Å². The number of hydrogen-bond donors (Lipinski definition) is 3. The minimum Gasteiger partial charge on any atom is -0.371 e. The van der Waals surface area contributed by atoms with Crippen LogP contribution >= 0.6 is 11.8 Å². The monoisotopic (exact) mass is 445 g/mol. The molecule has 1 heterocycles. The lowest BCUT2D eigenvalue weighted by Gasteiger charge is -2.27. The van der Waals surface area contributed by atoms with E-state index in [9.17, 15) is 9.59 Å². The average molecular weight is 446 g/mol. The quantitative estimate of drug-likeness (QED) is 0.484. The van der Waals surface area contributed by atoms with Crippen LogP contribution in [0.3, 0.4) is 0 Å². The third-order valence-corrected chi connectivity index (χ3v) is 6.65. The van der Waals surface area contributed by atoms with Gasteiger partial charge in [0.25, 0.3) is 5.91 Å². The standard InChI is InChI=1S/C26H27N3O2S/c1-17-7-9-19(10-8-17)14-27-25(30)20-11-12-22-23(13-20)29-26(31)24(28-22)16-32-15-21-6-4-3-5-18(21)2/h3-13,24,28H,14-16H2,1-2H3,(H,27,30)(H,29,31)/t24-/m1/s1. The fraction of sp³-hybridized carbons (Fsp3) is 0.231. The number of carbonyl (C=O) groups excluding carboxylic acids is 2. The Morgan fingerprint density at radius 3 is 2.56 bits per heavy atom. The Morgan fingerprint density at radius 2 is 1.78 bits per heavy atom. The summed E-state index contributed by atoms with van der Waals surface area (Å²) < 4.78 is 0. The van der Waals surface area contributed by atoms with E-state index >= 15 is 0 Å². The highest BCUT2D eigenvalue weighted by molar-refractivity contribution is 7.98. The van der Waals surface area contributed by atoms with Crippen molar-refractivity contribution in [3.05, 3.63) is 94.5 Å². The van der Waals surface area contributed by atoms with Crippen molar-refractivity contribution in [3.8, 4) is 0 Å². The minimum absolute atomic E-state index is 0.0769. The number of benzene rings is 3. The van der Waals surface area contributed by atoms with E-state index in [-0.39, 0.29) is 17.9 Å². The lowest BCUT2D eigenvalue weighted by atomic mass is 10.1. The molecule has 4 rings (SSSR count). The summed E-state index contributed by atoms with van der Waals surface area (Å²) in [5, 5.41) is 9.20. The second-order valence-corrected chi connectivity index (χ2v) is 9.09. The van der Waals surface area contributed by atoms with Crippen LogP contribution in [0, 0.1) is 13.8 Å². The van der Waals surface area contributed by atoms with Gasteiger partial charge >= 0.3 is 0 Å². The molecule has 0 saturated heterocycles. The highest BCUT2D eigenvalue weighted by Gasteiger charge is 2.26. The fourth-order valence-corrected chi connectivity index (χ4v) is 4.69. The lowest BCUT2D eigenvalue weighted by molar-refractivity contribution is -0.116. The van der Waals surface area contributed by atoms with E-state index in [0.717, 1.165) is 17.0 Å². The molecule has 1 atom stereocenters. The summed E-state index contributed by atoms with van der Waals surface area (Å²) >= 11 is 1.73. The van der Waals surface area contributed by atoms with Gasteiger partial charge in [-0.15, -0.1) is 0 Å². The summed E-state index contributed by atoms with van der Waals surface area (Å²) in [5.74, 6) is 1.29. The van der Waals surface area contributed by atoms with Gasteiger partial charge in [0.05, 0.1) is 11.4 Å². The van der Waals surface area contributed by atoms with Gasteiger partial charge < -0.3 is 16.0 Å². The highest BCUT2D eigenvalue weighted by Crippen LogP contribution is 2.29.